The summed E-state index contributed by atoms with van der Waals surface area (Å²) in [6, 6.07) is 0.840. The maximum Gasteiger partial charge on any atom is 0.0120 e. The van der Waals surface area contributed by atoms with Gasteiger partial charge in [0, 0.05) is 12.6 Å². The number of nitrogens with one attached hydrogen (secondary N) is 1. The highest BCUT2D eigenvalue weighted by Gasteiger charge is 2.34. The van der Waals surface area contributed by atoms with E-state index in [1.54, 1.807) is 0 Å². The lowest BCUT2D eigenvalue weighted by Gasteiger charge is -2.34. The van der Waals surface area contributed by atoms with Crippen LogP contribution in [0.25, 0.3) is 0 Å². The Morgan fingerprint density at radius 1 is 0.944 bits per heavy atom. The second-order valence-corrected chi connectivity index (χ2v) is 6.95. The minimum absolute atomic E-state index is 0.840. The molecule has 0 radical (unpaired) electrons. The highest BCUT2D eigenvalue weighted by atomic mass is 15.2. The molecule has 2 saturated heterocycles. The molecule has 2 heterocycles. The van der Waals surface area contributed by atoms with Gasteiger partial charge in [-0.2, -0.15) is 0 Å². The third-order valence-corrected chi connectivity index (χ3v) is 5.85. The second kappa shape index (κ2) is 5.92. The SMILES string of the molecule is CCC1CCC(CNC2CCN3CCC2C3)CC1. The average Bonchev–Trinajstić information content (AvgIpc) is 2.81. The maximum absolute atomic E-state index is 3.93. The number of fused-ring (bicyclic) bond motifs is 2. The molecular weight excluding hydrogens is 220 g/mol. The Balaban J connectivity index is 1.39. The van der Waals surface area contributed by atoms with Crippen LogP contribution in [-0.2, 0) is 0 Å². The van der Waals surface area contributed by atoms with Crippen molar-refractivity contribution < 1.29 is 0 Å². The standard InChI is InChI=1S/C16H30N2/c1-2-13-3-5-14(6-4-13)11-17-16-8-10-18-9-7-15(16)12-18/h13-17H,2-12H2,1H3. The van der Waals surface area contributed by atoms with E-state index in [4.69, 9.17) is 0 Å². The summed E-state index contributed by atoms with van der Waals surface area (Å²) in [5, 5.41) is 3.93. The first-order chi connectivity index (χ1) is 8.85. The number of rotatable bonds is 4. The van der Waals surface area contributed by atoms with Crippen LogP contribution < -0.4 is 5.32 Å². The van der Waals surface area contributed by atoms with E-state index < -0.39 is 0 Å². The first-order valence-corrected chi connectivity index (χ1v) is 8.31. The third kappa shape index (κ3) is 2.91. The molecule has 3 fully saturated rings. The van der Waals surface area contributed by atoms with Gasteiger partial charge in [-0.05, 0) is 63.1 Å². The van der Waals surface area contributed by atoms with Crippen LogP contribution in [0.3, 0.4) is 0 Å². The van der Waals surface area contributed by atoms with Gasteiger partial charge >= 0.3 is 0 Å². The second-order valence-electron chi connectivity index (χ2n) is 6.95. The Hall–Kier alpha value is -0.0800. The molecule has 0 spiro atoms. The normalized spacial score (nSPS) is 44.2. The highest BCUT2D eigenvalue weighted by molar-refractivity contribution is 4.91. The maximum atomic E-state index is 3.93. The van der Waals surface area contributed by atoms with Crippen molar-refractivity contribution in [2.45, 2.75) is 57.9 Å². The van der Waals surface area contributed by atoms with E-state index in [2.05, 4.69) is 17.1 Å². The average molecular weight is 250 g/mol. The van der Waals surface area contributed by atoms with E-state index in [-0.39, 0.29) is 0 Å². The number of hydrogen-bond donors (Lipinski definition) is 1. The zero-order chi connectivity index (χ0) is 12.4. The lowest BCUT2D eigenvalue weighted by Crippen LogP contribution is -2.45. The Labute approximate surface area is 113 Å². The van der Waals surface area contributed by atoms with Gasteiger partial charge in [-0.1, -0.05) is 26.2 Å². The van der Waals surface area contributed by atoms with Gasteiger partial charge < -0.3 is 10.2 Å². The minimum Gasteiger partial charge on any atom is -0.313 e. The molecule has 0 aromatic carbocycles. The minimum atomic E-state index is 0.840. The Morgan fingerprint density at radius 3 is 2.44 bits per heavy atom. The van der Waals surface area contributed by atoms with Crippen molar-refractivity contribution in [3.63, 3.8) is 0 Å². The van der Waals surface area contributed by atoms with E-state index in [9.17, 15) is 0 Å². The highest BCUT2D eigenvalue weighted by Crippen LogP contribution is 2.31. The van der Waals surface area contributed by atoms with E-state index in [0.717, 1.165) is 23.8 Å². The van der Waals surface area contributed by atoms with Gasteiger partial charge in [0.15, 0.2) is 0 Å². The van der Waals surface area contributed by atoms with Crippen molar-refractivity contribution in [3.8, 4) is 0 Å². The molecule has 104 valence electrons. The van der Waals surface area contributed by atoms with Crippen LogP contribution in [0.2, 0.25) is 0 Å². The molecule has 1 aliphatic carbocycles. The van der Waals surface area contributed by atoms with Crippen LogP contribution in [0.4, 0.5) is 0 Å². The molecule has 3 aliphatic rings. The molecule has 2 nitrogen and oxygen atoms in total. The number of piperidine rings is 1. The van der Waals surface area contributed by atoms with Crippen molar-refractivity contribution in [1.82, 2.24) is 10.2 Å². The van der Waals surface area contributed by atoms with Crippen molar-refractivity contribution >= 4 is 0 Å². The smallest absolute Gasteiger partial charge is 0.0120 e. The fourth-order valence-corrected chi connectivity index (χ4v) is 4.38. The van der Waals surface area contributed by atoms with Crippen molar-refractivity contribution in [3.05, 3.63) is 0 Å². The van der Waals surface area contributed by atoms with Gasteiger partial charge in [0.1, 0.15) is 0 Å². The van der Waals surface area contributed by atoms with Crippen LogP contribution in [0, 0.1) is 17.8 Å². The molecule has 0 amide bonds. The van der Waals surface area contributed by atoms with Gasteiger partial charge in [-0.3, -0.25) is 0 Å². The molecule has 3 atom stereocenters. The molecule has 18 heavy (non-hydrogen) atoms. The molecule has 3 unspecified atom stereocenters. The molecule has 1 N–H and O–H groups in total. The third-order valence-electron chi connectivity index (χ3n) is 5.85. The van der Waals surface area contributed by atoms with Gasteiger partial charge in [0.25, 0.3) is 0 Å². The zero-order valence-corrected chi connectivity index (χ0v) is 12.0. The first-order valence-electron chi connectivity index (χ1n) is 8.31. The lowest BCUT2D eigenvalue weighted by atomic mass is 9.80. The summed E-state index contributed by atoms with van der Waals surface area (Å²) in [5.41, 5.74) is 0. The zero-order valence-electron chi connectivity index (χ0n) is 12.0. The fourth-order valence-electron chi connectivity index (χ4n) is 4.38. The Morgan fingerprint density at radius 2 is 1.67 bits per heavy atom. The summed E-state index contributed by atoms with van der Waals surface area (Å²) in [7, 11) is 0. The Bertz CT molecular complexity index is 258. The van der Waals surface area contributed by atoms with Crippen LogP contribution in [-0.4, -0.2) is 37.1 Å². The molecule has 0 aromatic rings. The largest absolute Gasteiger partial charge is 0.313 e. The van der Waals surface area contributed by atoms with Crippen molar-refractivity contribution in [1.29, 1.82) is 0 Å². The summed E-state index contributed by atoms with van der Waals surface area (Å²) in [5.74, 6) is 2.98. The summed E-state index contributed by atoms with van der Waals surface area (Å²) in [6.07, 6.45) is 10.2. The van der Waals surface area contributed by atoms with Gasteiger partial charge in [0.2, 0.25) is 0 Å². The predicted octanol–water partition coefficient (Wildman–Crippen LogP) is 2.89. The van der Waals surface area contributed by atoms with E-state index >= 15 is 0 Å². The molecule has 0 aromatic heterocycles. The molecule has 2 aliphatic heterocycles. The first kappa shape index (κ1) is 12.9. The fraction of sp³-hybridized carbons (Fsp3) is 1.00. The van der Waals surface area contributed by atoms with Crippen LogP contribution in [0.5, 0.6) is 0 Å². The van der Waals surface area contributed by atoms with Crippen molar-refractivity contribution in [2.24, 2.45) is 17.8 Å². The lowest BCUT2D eigenvalue weighted by molar-refractivity contribution is 0.201. The van der Waals surface area contributed by atoms with E-state index in [0.29, 0.717) is 0 Å². The molecule has 3 rings (SSSR count). The van der Waals surface area contributed by atoms with Crippen LogP contribution >= 0.6 is 0 Å². The molecular formula is C16H30N2. The van der Waals surface area contributed by atoms with Gasteiger partial charge in [0.05, 0.1) is 0 Å². The van der Waals surface area contributed by atoms with Gasteiger partial charge in [-0.25, -0.2) is 0 Å². The topological polar surface area (TPSA) is 15.3 Å². The summed E-state index contributed by atoms with van der Waals surface area (Å²) >= 11 is 0. The van der Waals surface area contributed by atoms with Gasteiger partial charge in [-0.15, -0.1) is 0 Å². The van der Waals surface area contributed by atoms with Crippen LogP contribution in [0.1, 0.15) is 51.9 Å². The van der Waals surface area contributed by atoms with Crippen LogP contribution in [0.15, 0.2) is 0 Å². The molecule has 2 bridgehead atoms. The monoisotopic (exact) mass is 250 g/mol. The summed E-state index contributed by atoms with van der Waals surface area (Å²) in [4.78, 5) is 2.65. The number of nitrogens with zero attached hydrogens (tertiary/aromatic N) is 1. The Kier molecular flexibility index (Phi) is 4.25. The molecule has 1 saturated carbocycles. The predicted molar refractivity (Wildman–Crippen MR) is 76.7 cm³/mol. The van der Waals surface area contributed by atoms with E-state index in [1.165, 1.54) is 71.1 Å². The number of hydrogen-bond acceptors (Lipinski definition) is 2. The van der Waals surface area contributed by atoms with Crippen molar-refractivity contribution in [2.75, 3.05) is 26.2 Å². The summed E-state index contributed by atoms with van der Waals surface area (Å²) < 4.78 is 0. The van der Waals surface area contributed by atoms with E-state index in [1.807, 2.05) is 0 Å². The summed E-state index contributed by atoms with van der Waals surface area (Å²) in [6.45, 7) is 7.75. The molecule has 2 heteroatoms. The quantitative estimate of drug-likeness (QED) is 0.825.